The average Bonchev–Trinajstić information content (AvgIpc) is 3.36. The van der Waals surface area contributed by atoms with Gasteiger partial charge in [-0.15, -0.1) is 9.19 Å². The van der Waals surface area contributed by atoms with Gasteiger partial charge < -0.3 is 0 Å². The van der Waals surface area contributed by atoms with E-state index in [0.29, 0.717) is 22.0 Å². The smallest absolute Gasteiger partial charge is 0.280 e. The Balaban J connectivity index is 1.38. The molecule has 1 aliphatic heterocycles. The molecule has 0 bridgehead atoms. The molecule has 0 saturated heterocycles. The van der Waals surface area contributed by atoms with E-state index in [-0.39, 0.29) is 32.3 Å². The van der Waals surface area contributed by atoms with Crippen molar-refractivity contribution in [3.05, 3.63) is 107 Å². The Labute approximate surface area is 234 Å². The van der Waals surface area contributed by atoms with E-state index in [9.17, 15) is 16.8 Å². The third-order valence-corrected chi connectivity index (χ3v) is 9.67. The Morgan fingerprint density at radius 3 is 2.23 bits per heavy atom. The molecule has 196 valence electrons. The number of benzene rings is 4. The highest BCUT2D eigenvalue weighted by molar-refractivity contribution is 7.92. The summed E-state index contributed by atoms with van der Waals surface area (Å²) in [7, 11) is -8.00. The lowest BCUT2D eigenvalue weighted by molar-refractivity contribution is 0.578. The van der Waals surface area contributed by atoms with Gasteiger partial charge >= 0.3 is 0 Å². The fourth-order valence-electron chi connectivity index (χ4n) is 4.19. The molecule has 0 spiro atoms. The van der Waals surface area contributed by atoms with Gasteiger partial charge in [-0.2, -0.15) is 13.4 Å². The number of hydrogen-bond donors (Lipinski definition) is 1. The number of nitrogens with one attached hydrogen (secondary N) is 1. The lowest BCUT2D eigenvalue weighted by Gasteiger charge is -2.29. The van der Waals surface area contributed by atoms with E-state index in [4.69, 9.17) is 23.2 Å². The van der Waals surface area contributed by atoms with E-state index in [1.165, 1.54) is 36.4 Å². The number of aromatic nitrogens is 3. The second kappa shape index (κ2) is 9.38. The lowest BCUT2D eigenvalue weighted by Crippen LogP contribution is -2.28. The number of anilines is 4. The van der Waals surface area contributed by atoms with Gasteiger partial charge in [0.25, 0.3) is 20.0 Å². The van der Waals surface area contributed by atoms with Gasteiger partial charge in [-0.3, -0.25) is 9.62 Å². The van der Waals surface area contributed by atoms with Crippen LogP contribution in [0.4, 0.5) is 23.0 Å². The van der Waals surface area contributed by atoms with Crippen molar-refractivity contribution in [2.75, 3.05) is 9.62 Å². The van der Waals surface area contributed by atoms with Crippen molar-refractivity contribution in [2.45, 2.75) is 9.79 Å². The van der Waals surface area contributed by atoms with E-state index in [2.05, 4.69) is 14.8 Å². The van der Waals surface area contributed by atoms with Gasteiger partial charge in [0.1, 0.15) is 9.79 Å². The van der Waals surface area contributed by atoms with Gasteiger partial charge in [0.05, 0.1) is 10.7 Å². The van der Waals surface area contributed by atoms with Crippen LogP contribution in [0.3, 0.4) is 0 Å². The fourth-order valence-corrected chi connectivity index (χ4v) is 7.41. The summed E-state index contributed by atoms with van der Waals surface area (Å²) in [5.74, 6) is 0.259. The third kappa shape index (κ3) is 4.43. The minimum atomic E-state index is -4.01. The first-order valence-electron chi connectivity index (χ1n) is 11.4. The molecule has 4 aromatic carbocycles. The van der Waals surface area contributed by atoms with E-state index in [1.54, 1.807) is 35.2 Å². The number of nitrogens with zero attached hydrogens (tertiary/aromatic N) is 4. The monoisotopic (exact) mass is 597 g/mol. The van der Waals surface area contributed by atoms with Crippen LogP contribution in [0.15, 0.2) is 107 Å². The zero-order valence-corrected chi connectivity index (χ0v) is 22.9. The number of hydrogen-bond acceptors (Lipinski definition) is 7. The van der Waals surface area contributed by atoms with Gasteiger partial charge in [-0.25, -0.2) is 8.42 Å². The molecule has 0 amide bonds. The first-order chi connectivity index (χ1) is 18.6. The average molecular weight is 598 g/mol. The molecule has 2 heterocycles. The SMILES string of the molecule is O=S(=O)(Nc1ccc(-c2nc3n(n2)S(=O)(=O)c2ccccc2N3c2ccccc2)cc1)c1ccc(Cl)cc1Cl. The molecule has 6 rings (SSSR count). The van der Waals surface area contributed by atoms with Crippen LogP contribution in [0.2, 0.25) is 10.0 Å². The quantitative estimate of drug-likeness (QED) is 0.256. The summed E-state index contributed by atoms with van der Waals surface area (Å²) in [6, 6.07) is 26.2. The molecule has 0 saturated carbocycles. The van der Waals surface area contributed by atoms with E-state index >= 15 is 0 Å². The van der Waals surface area contributed by atoms with Crippen molar-refractivity contribution < 1.29 is 16.8 Å². The topological polar surface area (TPSA) is 114 Å². The molecule has 5 aromatic rings. The molecule has 13 heteroatoms. The van der Waals surface area contributed by atoms with Crippen molar-refractivity contribution >= 4 is 66.3 Å². The first-order valence-corrected chi connectivity index (χ1v) is 15.1. The summed E-state index contributed by atoms with van der Waals surface area (Å²) >= 11 is 11.9. The van der Waals surface area contributed by atoms with Crippen molar-refractivity contribution in [1.29, 1.82) is 0 Å². The number of sulfonamides is 1. The highest BCUT2D eigenvalue weighted by Crippen LogP contribution is 2.43. The number of fused-ring (bicyclic) bond motifs is 2. The maximum absolute atomic E-state index is 13.4. The van der Waals surface area contributed by atoms with Crippen molar-refractivity contribution in [1.82, 2.24) is 14.2 Å². The second-order valence-electron chi connectivity index (χ2n) is 8.48. The lowest BCUT2D eigenvalue weighted by atomic mass is 10.2. The highest BCUT2D eigenvalue weighted by atomic mass is 35.5. The summed E-state index contributed by atoms with van der Waals surface area (Å²) in [6.07, 6.45) is 0. The normalized spacial score (nSPS) is 13.9. The largest absolute Gasteiger partial charge is 0.288 e. The Kier molecular flexibility index (Phi) is 6.11. The van der Waals surface area contributed by atoms with Crippen LogP contribution in [0.25, 0.3) is 11.4 Å². The summed E-state index contributed by atoms with van der Waals surface area (Å²) in [5, 5.41) is 4.63. The summed E-state index contributed by atoms with van der Waals surface area (Å²) in [5.41, 5.74) is 1.92. The van der Waals surface area contributed by atoms with Crippen LogP contribution in [-0.2, 0) is 20.0 Å². The standard InChI is InChI=1S/C26H17Cl2N5O4S2/c27-18-12-15-23(21(28)16-18)38(34,35)31-19-13-10-17(11-14-19)25-29-26-32(20-6-2-1-3-7-20)22-8-4-5-9-24(22)39(36,37)33(26)30-25/h1-16,31H. The molecule has 0 aliphatic carbocycles. The third-order valence-electron chi connectivity index (χ3n) is 5.97. The van der Waals surface area contributed by atoms with E-state index < -0.39 is 20.0 Å². The second-order valence-corrected chi connectivity index (χ2v) is 12.7. The zero-order valence-electron chi connectivity index (χ0n) is 19.7. The molecular formula is C26H17Cl2N5O4S2. The highest BCUT2D eigenvalue weighted by Gasteiger charge is 2.37. The molecule has 0 atom stereocenters. The molecule has 1 aromatic heterocycles. The molecule has 1 N–H and O–H groups in total. The van der Waals surface area contributed by atoms with Crippen LogP contribution < -0.4 is 9.62 Å². The zero-order chi connectivity index (χ0) is 27.4. The maximum Gasteiger partial charge on any atom is 0.288 e. The van der Waals surface area contributed by atoms with Crippen molar-refractivity contribution in [3.63, 3.8) is 0 Å². The molecule has 0 radical (unpaired) electrons. The maximum atomic E-state index is 13.4. The molecule has 39 heavy (non-hydrogen) atoms. The van der Waals surface area contributed by atoms with E-state index in [0.717, 1.165) is 4.09 Å². The van der Waals surface area contributed by atoms with Crippen molar-refractivity contribution in [3.8, 4) is 11.4 Å². The Morgan fingerprint density at radius 2 is 1.51 bits per heavy atom. The molecule has 0 unspecified atom stereocenters. The number of para-hydroxylation sites is 2. The minimum Gasteiger partial charge on any atom is -0.280 e. The fraction of sp³-hybridized carbons (Fsp3) is 0. The van der Waals surface area contributed by atoms with Gasteiger partial charge in [0, 0.05) is 22.0 Å². The molecule has 9 nitrogen and oxygen atoms in total. The Hall–Kier alpha value is -3.90. The van der Waals surface area contributed by atoms with Gasteiger partial charge in [-0.1, -0.05) is 53.5 Å². The number of rotatable bonds is 5. The first kappa shape index (κ1) is 25.4. The predicted molar refractivity (Wildman–Crippen MR) is 150 cm³/mol. The molecule has 1 aliphatic rings. The van der Waals surface area contributed by atoms with Crippen molar-refractivity contribution in [2.24, 2.45) is 0 Å². The molecular weight excluding hydrogens is 581 g/mol. The van der Waals surface area contributed by atoms with Gasteiger partial charge in [0.15, 0.2) is 5.82 Å². The van der Waals surface area contributed by atoms with Crippen LogP contribution in [0, 0.1) is 0 Å². The Morgan fingerprint density at radius 1 is 0.821 bits per heavy atom. The minimum absolute atomic E-state index is 0.00964. The van der Waals surface area contributed by atoms with Crippen LogP contribution in [0.5, 0.6) is 0 Å². The predicted octanol–water partition coefficient (Wildman–Crippen LogP) is 6.07. The summed E-state index contributed by atoms with van der Waals surface area (Å²) in [4.78, 5) is 6.28. The van der Waals surface area contributed by atoms with Crippen LogP contribution in [-0.4, -0.2) is 31.0 Å². The van der Waals surface area contributed by atoms with Crippen LogP contribution in [0.1, 0.15) is 0 Å². The summed E-state index contributed by atoms with van der Waals surface area (Å²) < 4.78 is 55.9. The molecule has 0 fully saturated rings. The van der Waals surface area contributed by atoms with E-state index in [1.807, 2.05) is 30.3 Å². The number of halogens is 2. The van der Waals surface area contributed by atoms with Gasteiger partial charge in [-0.05, 0) is 66.7 Å². The van der Waals surface area contributed by atoms with Gasteiger partial charge in [0.2, 0.25) is 5.95 Å². The summed E-state index contributed by atoms with van der Waals surface area (Å²) in [6.45, 7) is 0. The Bertz CT molecular complexity index is 1950. The van der Waals surface area contributed by atoms with Crippen LogP contribution >= 0.6 is 23.2 Å².